The molecule has 0 aliphatic carbocycles. The maximum absolute atomic E-state index is 13.4. The van der Waals surface area contributed by atoms with Gasteiger partial charge in [0.05, 0.1) is 13.2 Å². The Labute approximate surface area is 143 Å². The van der Waals surface area contributed by atoms with Gasteiger partial charge in [-0.1, -0.05) is 19.1 Å². The maximum Gasteiger partial charge on any atom is 0.223 e. The van der Waals surface area contributed by atoms with Crippen molar-refractivity contribution in [2.24, 2.45) is 11.8 Å². The maximum atomic E-state index is 13.4. The summed E-state index contributed by atoms with van der Waals surface area (Å²) < 4.78 is 19.2. The van der Waals surface area contributed by atoms with E-state index in [2.05, 4.69) is 12.2 Å². The summed E-state index contributed by atoms with van der Waals surface area (Å²) in [6, 6.07) is 6.47. The average molecular weight is 334 g/mol. The molecule has 0 saturated carbocycles. The zero-order valence-corrected chi connectivity index (χ0v) is 14.3. The molecular weight excluding hydrogens is 307 g/mol. The van der Waals surface area contributed by atoms with Crippen LogP contribution in [0.2, 0.25) is 0 Å². The molecule has 1 aromatic carbocycles. The predicted molar refractivity (Wildman–Crippen MR) is 91.0 cm³/mol. The molecule has 0 bridgehead atoms. The molecule has 24 heavy (non-hydrogen) atoms. The molecule has 0 spiro atoms. The quantitative estimate of drug-likeness (QED) is 0.920. The van der Waals surface area contributed by atoms with E-state index < -0.39 is 0 Å². The van der Waals surface area contributed by atoms with Crippen molar-refractivity contribution in [1.82, 2.24) is 10.2 Å². The molecule has 132 valence electrons. The van der Waals surface area contributed by atoms with Crippen molar-refractivity contribution in [1.29, 1.82) is 0 Å². The molecule has 0 radical (unpaired) electrons. The summed E-state index contributed by atoms with van der Waals surface area (Å²) in [7, 11) is 0. The molecule has 2 saturated heterocycles. The van der Waals surface area contributed by atoms with Crippen LogP contribution in [0, 0.1) is 17.7 Å². The van der Waals surface area contributed by atoms with Crippen LogP contribution in [0.3, 0.4) is 0 Å². The molecule has 3 unspecified atom stereocenters. The highest BCUT2D eigenvalue weighted by Crippen LogP contribution is 2.26. The number of nitrogens with one attached hydrogen (secondary N) is 1. The van der Waals surface area contributed by atoms with E-state index in [1.54, 1.807) is 6.07 Å². The van der Waals surface area contributed by atoms with E-state index in [-0.39, 0.29) is 17.8 Å². The van der Waals surface area contributed by atoms with E-state index in [1.165, 1.54) is 25.0 Å². The lowest BCUT2D eigenvalue weighted by Gasteiger charge is -2.35. The van der Waals surface area contributed by atoms with Gasteiger partial charge in [0.15, 0.2) is 0 Å². The molecule has 3 atom stereocenters. The third kappa shape index (κ3) is 4.33. The Morgan fingerprint density at radius 3 is 3.12 bits per heavy atom. The highest BCUT2D eigenvalue weighted by Gasteiger charge is 2.28. The monoisotopic (exact) mass is 334 g/mol. The minimum absolute atomic E-state index is 0.192. The van der Waals surface area contributed by atoms with Gasteiger partial charge in [0, 0.05) is 13.0 Å². The molecule has 2 aliphatic rings. The molecular formula is C19H27FN2O2. The minimum Gasteiger partial charge on any atom is -0.370 e. The van der Waals surface area contributed by atoms with Crippen molar-refractivity contribution >= 4 is 5.91 Å². The predicted octanol–water partition coefficient (Wildman–Crippen LogP) is 2.75. The van der Waals surface area contributed by atoms with Crippen molar-refractivity contribution in [2.75, 3.05) is 32.8 Å². The smallest absolute Gasteiger partial charge is 0.223 e. The molecule has 0 aromatic heterocycles. The van der Waals surface area contributed by atoms with Crippen LogP contribution in [0.4, 0.5) is 4.39 Å². The molecule has 3 rings (SSSR count). The summed E-state index contributed by atoms with van der Waals surface area (Å²) in [6.07, 6.45) is 2.76. The van der Waals surface area contributed by atoms with Crippen LogP contribution in [0.5, 0.6) is 0 Å². The number of rotatable bonds is 4. The third-order valence-corrected chi connectivity index (χ3v) is 5.28. The van der Waals surface area contributed by atoms with Crippen molar-refractivity contribution < 1.29 is 13.9 Å². The summed E-state index contributed by atoms with van der Waals surface area (Å²) in [6.45, 7) is 5.93. The molecule has 4 nitrogen and oxygen atoms in total. The van der Waals surface area contributed by atoms with Gasteiger partial charge >= 0.3 is 0 Å². The van der Waals surface area contributed by atoms with Crippen LogP contribution in [0.1, 0.15) is 37.9 Å². The van der Waals surface area contributed by atoms with Crippen LogP contribution < -0.4 is 5.32 Å². The fourth-order valence-electron chi connectivity index (χ4n) is 3.72. The van der Waals surface area contributed by atoms with Crippen LogP contribution in [-0.4, -0.2) is 43.6 Å². The highest BCUT2D eigenvalue weighted by molar-refractivity contribution is 5.76. The molecule has 5 heteroatoms. The number of halogens is 1. The third-order valence-electron chi connectivity index (χ3n) is 5.28. The number of benzene rings is 1. The fourth-order valence-corrected chi connectivity index (χ4v) is 3.72. The first-order valence-electron chi connectivity index (χ1n) is 8.99. The number of ether oxygens (including phenoxy) is 1. The zero-order valence-electron chi connectivity index (χ0n) is 14.3. The molecule has 2 aliphatic heterocycles. The van der Waals surface area contributed by atoms with E-state index in [0.29, 0.717) is 38.0 Å². The van der Waals surface area contributed by atoms with Crippen LogP contribution in [0.15, 0.2) is 24.3 Å². The number of hydrogen-bond donors (Lipinski definition) is 1. The summed E-state index contributed by atoms with van der Waals surface area (Å²) in [5.41, 5.74) is 0.803. The van der Waals surface area contributed by atoms with E-state index >= 15 is 0 Å². The zero-order chi connectivity index (χ0) is 16.9. The first-order valence-corrected chi connectivity index (χ1v) is 8.99. The molecule has 1 N–H and O–H groups in total. The Bertz CT molecular complexity index is 560. The Morgan fingerprint density at radius 1 is 1.50 bits per heavy atom. The Kier molecular flexibility index (Phi) is 5.85. The summed E-state index contributed by atoms with van der Waals surface area (Å²) in [5, 5.41) is 3.42. The largest absolute Gasteiger partial charge is 0.370 e. The number of morpholine rings is 1. The lowest BCUT2D eigenvalue weighted by molar-refractivity contribution is -0.140. The fraction of sp³-hybridized carbons (Fsp3) is 0.632. The van der Waals surface area contributed by atoms with E-state index in [9.17, 15) is 9.18 Å². The topological polar surface area (TPSA) is 41.6 Å². The average Bonchev–Trinajstić information content (AvgIpc) is 2.62. The van der Waals surface area contributed by atoms with Gasteiger partial charge in [-0.2, -0.15) is 0 Å². The standard InChI is InChI=1S/C19H27FN2O2/c1-14(16-5-3-7-21-12-16)10-19(23)22-8-9-24-18(13-22)15-4-2-6-17(20)11-15/h2,4,6,11,14,16,18,21H,3,5,7-10,12-13H2,1H3. The first kappa shape index (κ1) is 17.4. The Balaban J connectivity index is 1.56. The second-order valence-corrected chi connectivity index (χ2v) is 7.04. The number of hydrogen-bond acceptors (Lipinski definition) is 3. The number of carbonyl (C=O) groups is 1. The Hall–Kier alpha value is -1.46. The molecule has 1 amide bonds. The SMILES string of the molecule is CC(CC(=O)N1CCOC(c2cccc(F)c2)C1)C1CCCNC1. The Morgan fingerprint density at radius 2 is 2.38 bits per heavy atom. The van der Waals surface area contributed by atoms with E-state index in [0.717, 1.165) is 18.7 Å². The highest BCUT2D eigenvalue weighted by atomic mass is 19.1. The number of amides is 1. The van der Waals surface area contributed by atoms with Crippen molar-refractivity contribution in [3.05, 3.63) is 35.6 Å². The van der Waals surface area contributed by atoms with E-state index in [1.807, 2.05) is 11.0 Å². The number of piperidine rings is 1. The normalized spacial score (nSPS) is 26.2. The van der Waals surface area contributed by atoms with Gasteiger partial charge in [-0.25, -0.2) is 4.39 Å². The molecule has 2 heterocycles. The van der Waals surface area contributed by atoms with Crippen molar-refractivity contribution in [3.8, 4) is 0 Å². The first-order chi connectivity index (χ1) is 11.6. The second kappa shape index (κ2) is 8.08. The number of carbonyl (C=O) groups excluding carboxylic acids is 1. The summed E-state index contributed by atoms with van der Waals surface area (Å²) in [5.74, 6) is 0.902. The summed E-state index contributed by atoms with van der Waals surface area (Å²) >= 11 is 0. The molecule has 2 fully saturated rings. The van der Waals surface area contributed by atoms with Gasteiger partial charge in [0.1, 0.15) is 11.9 Å². The van der Waals surface area contributed by atoms with Crippen molar-refractivity contribution in [2.45, 2.75) is 32.3 Å². The van der Waals surface area contributed by atoms with Crippen LogP contribution in [-0.2, 0) is 9.53 Å². The van der Waals surface area contributed by atoms with Crippen LogP contribution >= 0.6 is 0 Å². The second-order valence-electron chi connectivity index (χ2n) is 7.04. The lowest BCUT2D eigenvalue weighted by atomic mass is 9.85. The van der Waals surface area contributed by atoms with Gasteiger partial charge in [0.2, 0.25) is 5.91 Å². The minimum atomic E-state index is -0.266. The number of nitrogens with zero attached hydrogens (tertiary/aromatic N) is 1. The lowest BCUT2D eigenvalue weighted by Crippen LogP contribution is -2.43. The van der Waals surface area contributed by atoms with Gasteiger partial charge in [-0.05, 0) is 55.5 Å². The van der Waals surface area contributed by atoms with Gasteiger partial charge in [-0.3, -0.25) is 4.79 Å². The van der Waals surface area contributed by atoms with Gasteiger partial charge in [-0.15, -0.1) is 0 Å². The van der Waals surface area contributed by atoms with Gasteiger partial charge in [0.25, 0.3) is 0 Å². The summed E-state index contributed by atoms with van der Waals surface area (Å²) in [4.78, 5) is 14.6. The van der Waals surface area contributed by atoms with Gasteiger partial charge < -0.3 is 15.0 Å². The van der Waals surface area contributed by atoms with Crippen molar-refractivity contribution in [3.63, 3.8) is 0 Å². The van der Waals surface area contributed by atoms with Crippen LogP contribution in [0.25, 0.3) is 0 Å². The van der Waals surface area contributed by atoms with E-state index in [4.69, 9.17) is 4.74 Å². The molecule has 1 aromatic rings.